The summed E-state index contributed by atoms with van der Waals surface area (Å²) in [5.74, 6) is 7.00. The van der Waals surface area contributed by atoms with Crippen molar-refractivity contribution in [3.63, 3.8) is 0 Å². The summed E-state index contributed by atoms with van der Waals surface area (Å²) in [7, 11) is -3.86. The highest BCUT2D eigenvalue weighted by atomic mass is 32.2. The first-order chi connectivity index (χ1) is 17.1. The number of sulfonamides is 1. The highest BCUT2D eigenvalue weighted by Crippen LogP contribution is 2.23. The van der Waals surface area contributed by atoms with Gasteiger partial charge < -0.3 is 11.2 Å². The third-order valence-electron chi connectivity index (χ3n) is 4.93. The molecule has 2 heterocycles. The molecule has 0 aliphatic rings. The van der Waals surface area contributed by atoms with Gasteiger partial charge in [-0.3, -0.25) is 9.52 Å². The van der Waals surface area contributed by atoms with E-state index in [2.05, 4.69) is 30.2 Å². The average molecular weight is 525 g/mol. The summed E-state index contributed by atoms with van der Waals surface area (Å²) < 4.78 is 29.2. The van der Waals surface area contributed by atoms with Crippen LogP contribution in [0.1, 0.15) is 17.1 Å². The summed E-state index contributed by atoms with van der Waals surface area (Å²) >= 11 is 1.14. The normalized spacial score (nSPS) is 11.3. The molecule has 4 aromatic rings. The van der Waals surface area contributed by atoms with Gasteiger partial charge in [0.1, 0.15) is 11.6 Å². The number of thioether (sulfide) groups is 1. The Hall–Kier alpha value is -3.97. The quantitative estimate of drug-likeness (QED) is 0.233. The average Bonchev–Trinajstić information content (AvgIpc) is 3.17. The lowest BCUT2D eigenvalue weighted by Crippen LogP contribution is -2.17. The Labute approximate surface area is 212 Å². The Kier molecular flexibility index (Phi) is 7.22. The minimum absolute atomic E-state index is 0.0312. The van der Waals surface area contributed by atoms with Crippen molar-refractivity contribution in [1.29, 1.82) is 0 Å². The Balaban J connectivity index is 1.36. The second kappa shape index (κ2) is 10.3. The number of benzene rings is 2. The van der Waals surface area contributed by atoms with Gasteiger partial charge in [0.25, 0.3) is 10.0 Å². The van der Waals surface area contributed by atoms with E-state index in [0.29, 0.717) is 28.2 Å². The Morgan fingerprint density at radius 2 is 1.78 bits per heavy atom. The van der Waals surface area contributed by atoms with Crippen LogP contribution in [0.15, 0.2) is 64.6 Å². The summed E-state index contributed by atoms with van der Waals surface area (Å²) in [5, 5.41) is 11.3. The zero-order chi connectivity index (χ0) is 25.9. The standard InChI is InChI=1S/C23H24N8O3S2/c1-14-5-4-6-17(11-14)22-28-29-23(31(22)24)35-13-21(32)27-18-7-9-19(10-8-18)36(33,34)30-20-12-15(2)25-16(3)26-20/h4-12H,13,24H2,1-3H3,(H,27,32)(H,25,26,30). The lowest BCUT2D eigenvalue weighted by molar-refractivity contribution is -0.113. The van der Waals surface area contributed by atoms with Gasteiger partial charge in [0.2, 0.25) is 11.1 Å². The van der Waals surface area contributed by atoms with E-state index in [1.54, 1.807) is 19.9 Å². The molecule has 0 bridgehead atoms. The van der Waals surface area contributed by atoms with Crippen molar-refractivity contribution in [3.05, 3.63) is 71.7 Å². The number of nitrogens with two attached hydrogens (primary N) is 1. The van der Waals surface area contributed by atoms with Crippen molar-refractivity contribution >= 4 is 39.2 Å². The minimum Gasteiger partial charge on any atom is -0.335 e. The summed E-state index contributed by atoms with van der Waals surface area (Å²) in [6, 6.07) is 15.1. The number of hydrogen-bond donors (Lipinski definition) is 3. The minimum atomic E-state index is -3.86. The number of rotatable bonds is 8. The van der Waals surface area contributed by atoms with Crippen LogP contribution in [-0.4, -0.2) is 44.9 Å². The van der Waals surface area contributed by atoms with Gasteiger partial charge in [-0.2, -0.15) is 0 Å². The molecule has 0 spiro atoms. The topological polar surface area (TPSA) is 158 Å². The number of nitrogen functional groups attached to an aromatic ring is 1. The lowest BCUT2D eigenvalue weighted by Gasteiger charge is -2.10. The van der Waals surface area contributed by atoms with Gasteiger partial charge in [-0.15, -0.1) is 10.2 Å². The number of anilines is 2. The largest absolute Gasteiger partial charge is 0.335 e. The van der Waals surface area contributed by atoms with Gasteiger partial charge in [0.15, 0.2) is 5.82 Å². The maximum Gasteiger partial charge on any atom is 0.263 e. The fourth-order valence-corrected chi connectivity index (χ4v) is 5.02. The van der Waals surface area contributed by atoms with Crippen molar-refractivity contribution in [2.75, 3.05) is 21.6 Å². The van der Waals surface area contributed by atoms with Crippen molar-refractivity contribution in [2.24, 2.45) is 0 Å². The number of amides is 1. The van der Waals surface area contributed by atoms with Gasteiger partial charge in [0, 0.05) is 23.0 Å². The SMILES string of the molecule is Cc1cccc(-c2nnc(SCC(=O)Nc3ccc(S(=O)(=O)Nc4cc(C)nc(C)n4)cc3)n2N)c1. The van der Waals surface area contributed by atoms with Crippen LogP contribution in [0.4, 0.5) is 11.5 Å². The highest BCUT2D eigenvalue weighted by molar-refractivity contribution is 7.99. The predicted molar refractivity (Wildman–Crippen MR) is 138 cm³/mol. The number of hydrogen-bond acceptors (Lipinski definition) is 9. The van der Waals surface area contributed by atoms with Crippen molar-refractivity contribution in [3.8, 4) is 11.4 Å². The maximum atomic E-state index is 12.7. The third-order valence-corrected chi connectivity index (χ3v) is 7.24. The van der Waals surface area contributed by atoms with E-state index in [4.69, 9.17) is 5.84 Å². The molecule has 0 saturated carbocycles. The van der Waals surface area contributed by atoms with Crippen LogP contribution in [0.2, 0.25) is 0 Å². The molecule has 2 aromatic heterocycles. The molecule has 4 N–H and O–H groups in total. The van der Waals surface area contributed by atoms with Gasteiger partial charge in [-0.25, -0.2) is 23.1 Å². The van der Waals surface area contributed by atoms with Gasteiger partial charge >= 0.3 is 0 Å². The summed E-state index contributed by atoms with van der Waals surface area (Å²) in [6.07, 6.45) is 0. The summed E-state index contributed by atoms with van der Waals surface area (Å²) in [4.78, 5) is 20.7. The predicted octanol–water partition coefficient (Wildman–Crippen LogP) is 2.91. The molecule has 13 heteroatoms. The zero-order valence-electron chi connectivity index (χ0n) is 19.8. The lowest BCUT2D eigenvalue weighted by atomic mass is 10.1. The zero-order valence-corrected chi connectivity index (χ0v) is 21.4. The van der Waals surface area contributed by atoms with Gasteiger partial charge in [0.05, 0.1) is 10.6 Å². The van der Waals surface area contributed by atoms with Crippen LogP contribution in [0.5, 0.6) is 0 Å². The molecule has 0 fully saturated rings. The number of aryl methyl sites for hydroxylation is 3. The van der Waals surface area contributed by atoms with E-state index in [9.17, 15) is 13.2 Å². The first-order valence-electron chi connectivity index (χ1n) is 10.8. The van der Waals surface area contributed by atoms with Crippen LogP contribution in [-0.2, 0) is 14.8 Å². The molecule has 11 nitrogen and oxygen atoms in total. The molecule has 0 atom stereocenters. The van der Waals surface area contributed by atoms with Crippen LogP contribution in [0, 0.1) is 20.8 Å². The summed E-state index contributed by atoms with van der Waals surface area (Å²) in [5.41, 5.74) is 2.99. The van der Waals surface area contributed by atoms with Gasteiger partial charge in [-0.1, -0.05) is 35.5 Å². The molecule has 0 aliphatic heterocycles. The first-order valence-corrected chi connectivity index (χ1v) is 13.2. The van der Waals surface area contributed by atoms with Crippen LogP contribution in [0.3, 0.4) is 0 Å². The molecule has 36 heavy (non-hydrogen) atoms. The smallest absolute Gasteiger partial charge is 0.263 e. The van der Waals surface area contributed by atoms with E-state index in [-0.39, 0.29) is 22.4 Å². The molecule has 0 radical (unpaired) electrons. The number of carbonyl (C=O) groups is 1. The Bertz CT molecular complexity index is 1500. The molecule has 186 valence electrons. The van der Waals surface area contributed by atoms with Crippen LogP contribution in [0.25, 0.3) is 11.4 Å². The number of nitrogens with one attached hydrogen (secondary N) is 2. The van der Waals surface area contributed by atoms with E-state index in [0.717, 1.165) is 22.9 Å². The molecular formula is C23H24N8O3S2. The van der Waals surface area contributed by atoms with Crippen LogP contribution < -0.4 is 15.9 Å². The van der Waals surface area contributed by atoms with E-state index < -0.39 is 10.0 Å². The monoisotopic (exact) mass is 524 g/mol. The fourth-order valence-electron chi connectivity index (χ4n) is 3.37. The number of aromatic nitrogens is 5. The molecule has 4 rings (SSSR count). The van der Waals surface area contributed by atoms with Crippen molar-refractivity contribution in [1.82, 2.24) is 24.8 Å². The van der Waals surface area contributed by atoms with Crippen molar-refractivity contribution in [2.45, 2.75) is 30.8 Å². The molecule has 2 aromatic carbocycles. The maximum absolute atomic E-state index is 12.7. The fraction of sp³-hybridized carbons (Fsp3) is 0.174. The second-order valence-electron chi connectivity index (χ2n) is 7.95. The molecule has 0 unspecified atom stereocenters. The number of nitrogens with zero attached hydrogens (tertiary/aromatic N) is 5. The number of carbonyl (C=O) groups excluding carboxylic acids is 1. The van der Waals surface area contributed by atoms with E-state index in [1.165, 1.54) is 28.9 Å². The molecule has 0 aliphatic carbocycles. The molecule has 1 amide bonds. The second-order valence-corrected chi connectivity index (χ2v) is 10.6. The first kappa shape index (κ1) is 25.1. The van der Waals surface area contributed by atoms with Crippen molar-refractivity contribution < 1.29 is 13.2 Å². The summed E-state index contributed by atoms with van der Waals surface area (Å²) in [6.45, 7) is 5.41. The molecular weight excluding hydrogens is 500 g/mol. The Morgan fingerprint density at radius 3 is 2.47 bits per heavy atom. The van der Waals surface area contributed by atoms with Gasteiger partial charge in [-0.05, 0) is 51.1 Å². The molecule has 0 saturated heterocycles. The van der Waals surface area contributed by atoms with E-state index in [1.807, 2.05) is 31.2 Å². The third kappa shape index (κ3) is 5.98. The Morgan fingerprint density at radius 1 is 1.03 bits per heavy atom. The van der Waals surface area contributed by atoms with E-state index >= 15 is 0 Å². The highest BCUT2D eigenvalue weighted by Gasteiger charge is 2.17. The van der Waals surface area contributed by atoms with Crippen LogP contribution >= 0.6 is 11.8 Å².